The van der Waals surface area contributed by atoms with Crippen molar-refractivity contribution in [2.45, 2.75) is 45.2 Å². The minimum atomic E-state index is -0.184. The van der Waals surface area contributed by atoms with Crippen molar-refractivity contribution >= 4 is 6.03 Å². The molecule has 0 aliphatic heterocycles. The van der Waals surface area contributed by atoms with Gasteiger partial charge in [-0.2, -0.15) is 5.10 Å². The van der Waals surface area contributed by atoms with Gasteiger partial charge in [0, 0.05) is 31.3 Å². The Balaban J connectivity index is 1.61. The SMILES string of the molecule is Cc1ccn(-c2ccccc2CNC(=O)NC2CCCCC2CO)n1. The molecular formula is C19H26N4O2. The van der Waals surface area contributed by atoms with Crippen molar-refractivity contribution in [1.82, 2.24) is 20.4 Å². The zero-order valence-electron chi connectivity index (χ0n) is 14.6. The molecule has 2 atom stereocenters. The summed E-state index contributed by atoms with van der Waals surface area (Å²) < 4.78 is 1.83. The number of rotatable bonds is 5. The van der Waals surface area contributed by atoms with E-state index < -0.39 is 0 Å². The second-order valence-electron chi connectivity index (χ2n) is 6.69. The number of nitrogens with zero attached hydrogens (tertiary/aromatic N) is 2. The number of carbonyl (C=O) groups excluding carboxylic acids is 1. The Morgan fingerprint density at radius 3 is 2.84 bits per heavy atom. The fourth-order valence-corrected chi connectivity index (χ4v) is 3.44. The molecule has 1 aliphatic rings. The van der Waals surface area contributed by atoms with Crippen LogP contribution in [0.5, 0.6) is 0 Å². The monoisotopic (exact) mass is 342 g/mol. The van der Waals surface area contributed by atoms with Crippen molar-refractivity contribution in [2.75, 3.05) is 6.61 Å². The van der Waals surface area contributed by atoms with Crippen LogP contribution in [0.4, 0.5) is 4.79 Å². The highest BCUT2D eigenvalue weighted by Gasteiger charge is 2.25. The summed E-state index contributed by atoms with van der Waals surface area (Å²) in [6.07, 6.45) is 6.05. The van der Waals surface area contributed by atoms with Crippen molar-refractivity contribution < 1.29 is 9.90 Å². The van der Waals surface area contributed by atoms with Crippen LogP contribution in [-0.4, -0.2) is 33.6 Å². The fourth-order valence-electron chi connectivity index (χ4n) is 3.44. The van der Waals surface area contributed by atoms with Crippen LogP contribution >= 0.6 is 0 Å². The maximum atomic E-state index is 12.3. The number of aliphatic hydroxyl groups excluding tert-OH is 1. The topological polar surface area (TPSA) is 79.2 Å². The second kappa shape index (κ2) is 8.16. The van der Waals surface area contributed by atoms with E-state index in [-0.39, 0.29) is 24.6 Å². The Hall–Kier alpha value is -2.34. The Labute approximate surface area is 148 Å². The van der Waals surface area contributed by atoms with Crippen LogP contribution in [-0.2, 0) is 6.54 Å². The number of benzene rings is 1. The molecule has 1 fully saturated rings. The highest BCUT2D eigenvalue weighted by atomic mass is 16.3. The first-order valence-electron chi connectivity index (χ1n) is 8.93. The van der Waals surface area contributed by atoms with Gasteiger partial charge in [-0.3, -0.25) is 0 Å². The predicted octanol–water partition coefficient (Wildman–Crippen LogP) is 2.53. The number of aryl methyl sites for hydroxylation is 1. The molecule has 25 heavy (non-hydrogen) atoms. The molecule has 0 spiro atoms. The first kappa shape index (κ1) is 17.5. The summed E-state index contributed by atoms with van der Waals surface area (Å²) in [5.41, 5.74) is 2.91. The molecule has 0 saturated heterocycles. The van der Waals surface area contributed by atoms with Gasteiger partial charge in [-0.15, -0.1) is 0 Å². The van der Waals surface area contributed by atoms with Crippen LogP contribution in [0.25, 0.3) is 5.69 Å². The van der Waals surface area contributed by atoms with Crippen molar-refractivity contribution in [1.29, 1.82) is 0 Å². The van der Waals surface area contributed by atoms with E-state index in [1.165, 1.54) is 0 Å². The molecule has 1 heterocycles. The zero-order chi connectivity index (χ0) is 17.6. The number of carbonyl (C=O) groups is 1. The molecule has 1 aromatic carbocycles. The number of nitrogens with one attached hydrogen (secondary N) is 2. The van der Waals surface area contributed by atoms with Crippen LogP contribution < -0.4 is 10.6 Å². The average Bonchev–Trinajstić information content (AvgIpc) is 3.07. The Kier molecular flexibility index (Phi) is 5.71. The average molecular weight is 342 g/mol. The molecule has 1 saturated carbocycles. The highest BCUT2D eigenvalue weighted by molar-refractivity contribution is 5.74. The number of aliphatic hydroxyl groups is 1. The van der Waals surface area contributed by atoms with E-state index in [1.54, 1.807) is 0 Å². The molecular weight excluding hydrogens is 316 g/mol. The van der Waals surface area contributed by atoms with Gasteiger partial charge in [0.2, 0.25) is 0 Å². The number of hydrogen-bond acceptors (Lipinski definition) is 3. The van der Waals surface area contributed by atoms with Gasteiger partial charge in [0.1, 0.15) is 0 Å². The summed E-state index contributed by atoms with van der Waals surface area (Å²) in [7, 11) is 0. The molecule has 0 radical (unpaired) electrons. The van der Waals surface area contributed by atoms with Crippen LogP contribution in [0.3, 0.4) is 0 Å². The third kappa shape index (κ3) is 4.39. The molecule has 1 aliphatic carbocycles. The van der Waals surface area contributed by atoms with Crippen LogP contribution in [0.1, 0.15) is 36.9 Å². The lowest BCUT2D eigenvalue weighted by molar-refractivity contribution is 0.153. The molecule has 6 nitrogen and oxygen atoms in total. The Morgan fingerprint density at radius 1 is 1.28 bits per heavy atom. The van der Waals surface area contributed by atoms with Gasteiger partial charge < -0.3 is 15.7 Å². The van der Waals surface area contributed by atoms with Gasteiger partial charge in [0.15, 0.2) is 0 Å². The summed E-state index contributed by atoms with van der Waals surface area (Å²) in [5.74, 6) is 0.166. The lowest BCUT2D eigenvalue weighted by Crippen LogP contribution is -2.47. The fraction of sp³-hybridized carbons (Fsp3) is 0.474. The number of aromatic nitrogens is 2. The van der Waals surface area contributed by atoms with Gasteiger partial charge in [-0.05, 0) is 37.5 Å². The smallest absolute Gasteiger partial charge is 0.315 e. The lowest BCUT2D eigenvalue weighted by Gasteiger charge is -2.30. The first-order valence-corrected chi connectivity index (χ1v) is 8.93. The van der Waals surface area contributed by atoms with E-state index in [2.05, 4.69) is 15.7 Å². The second-order valence-corrected chi connectivity index (χ2v) is 6.69. The van der Waals surface area contributed by atoms with Gasteiger partial charge >= 0.3 is 6.03 Å². The summed E-state index contributed by atoms with van der Waals surface area (Å²) in [6.45, 7) is 2.51. The molecule has 134 valence electrons. The number of hydrogen-bond donors (Lipinski definition) is 3. The quantitative estimate of drug-likeness (QED) is 0.781. The molecule has 3 N–H and O–H groups in total. The van der Waals surface area contributed by atoms with E-state index >= 15 is 0 Å². The molecule has 2 aromatic rings. The summed E-state index contributed by atoms with van der Waals surface area (Å²) in [6, 6.07) is 9.73. The maximum absolute atomic E-state index is 12.3. The van der Waals surface area contributed by atoms with Gasteiger partial charge in [0.05, 0.1) is 11.4 Å². The van der Waals surface area contributed by atoms with Crippen molar-refractivity contribution in [3.8, 4) is 5.69 Å². The largest absolute Gasteiger partial charge is 0.396 e. The Bertz CT molecular complexity index is 713. The predicted molar refractivity (Wildman–Crippen MR) is 96.5 cm³/mol. The maximum Gasteiger partial charge on any atom is 0.315 e. The van der Waals surface area contributed by atoms with E-state index in [0.29, 0.717) is 6.54 Å². The van der Waals surface area contributed by atoms with Gasteiger partial charge in [-0.25, -0.2) is 9.48 Å². The van der Waals surface area contributed by atoms with Gasteiger partial charge in [-0.1, -0.05) is 31.0 Å². The third-order valence-corrected chi connectivity index (χ3v) is 4.86. The molecule has 1 aromatic heterocycles. The summed E-state index contributed by atoms with van der Waals surface area (Å²) >= 11 is 0. The summed E-state index contributed by atoms with van der Waals surface area (Å²) in [5, 5.41) is 19.9. The zero-order valence-corrected chi connectivity index (χ0v) is 14.6. The minimum Gasteiger partial charge on any atom is -0.396 e. The van der Waals surface area contributed by atoms with E-state index in [9.17, 15) is 9.90 Å². The molecule has 0 bridgehead atoms. The number of urea groups is 1. The minimum absolute atomic E-state index is 0.0581. The number of para-hydroxylation sites is 1. The van der Waals surface area contributed by atoms with E-state index in [1.807, 2.05) is 48.1 Å². The highest BCUT2D eigenvalue weighted by Crippen LogP contribution is 2.23. The van der Waals surface area contributed by atoms with E-state index in [4.69, 9.17) is 0 Å². The standard InChI is InChI=1S/C19H26N4O2/c1-14-10-11-23(22-14)18-9-5-3-6-15(18)12-20-19(25)21-17-8-4-2-7-16(17)13-24/h3,5-6,9-11,16-17,24H,2,4,7-8,12-13H2,1H3,(H2,20,21,25). The van der Waals surface area contributed by atoms with E-state index in [0.717, 1.165) is 42.6 Å². The number of amides is 2. The molecule has 2 amide bonds. The van der Waals surface area contributed by atoms with Crippen molar-refractivity contribution in [3.63, 3.8) is 0 Å². The molecule has 6 heteroatoms. The third-order valence-electron chi connectivity index (χ3n) is 4.86. The molecule has 3 rings (SSSR count). The van der Waals surface area contributed by atoms with Crippen molar-refractivity contribution in [2.24, 2.45) is 5.92 Å². The van der Waals surface area contributed by atoms with Crippen LogP contribution in [0.2, 0.25) is 0 Å². The molecule has 2 unspecified atom stereocenters. The van der Waals surface area contributed by atoms with Crippen LogP contribution in [0.15, 0.2) is 36.5 Å². The van der Waals surface area contributed by atoms with Crippen molar-refractivity contribution in [3.05, 3.63) is 47.8 Å². The van der Waals surface area contributed by atoms with Gasteiger partial charge in [0.25, 0.3) is 0 Å². The normalized spacial score (nSPS) is 20.2. The first-order chi connectivity index (χ1) is 12.2. The summed E-state index contributed by atoms with van der Waals surface area (Å²) in [4.78, 5) is 12.3. The lowest BCUT2D eigenvalue weighted by atomic mass is 9.85. The Morgan fingerprint density at radius 2 is 2.08 bits per heavy atom. The van der Waals surface area contributed by atoms with Crippen LogP contribution in [0, 0.1) is 12.8 Å².